The summed E-state index contributed by atoms with van der Waals surface area (Å²) < 4.78 is 21.4. The lowest BCUT2D eigenvalue weighted by Gasteiger charge is -2.22. The third-order valence-electron chi connectivity index (χ3n) is 13.2. The molecule has 3 aromatic rings. The third-order valence-corrected chi connectivity index (χ3v) is 14.7. The molecule has 3 aromatic carbocycles. The SMILES string of the molecule is CN(C)c1ccc2c(-c3ccc(N(C)C)c(OCCOc4ccc(C(=O)NCCNC(=O)C([NH3+])CCCCNC(=O)CCCCC5SCC6NC(=O)NC65)cc4N(C)C)c3)c3ccc(=[N+](C)C)cc-3oc2c1. The summed E-state index contributed by atoms with van der Waals surface area (Å²) in [6.07, 6.45) is 5.34. The van der Waals surface area contributed by atoms with Gasteiger partial charge in [-0.3, -0.25) is 14.4 Å². The first kappa shape index (κ1) is 53.1. The Bertz CT molecular complexity index is 2760. The number of thioether (sulfide) groups is 1. The van der Waals surface area contributed by atoms with Crippen molar-refractivity contribution in [2.24, 2.45) is 0 Å². The van der Waals surface area contributed by atoms with Gasteiger partial charge in [-0.15, -0.1) is 0 Å². The summed E-state index contributed by atoms with van der Waals surface area (Å²) in [6.45, 7) is 1.61. The van der Waals surface area contributed by atoms with Crippen molar-refractivity contribution in [3.63, 3.8) is 0 Å². The second kappa shape index (κ2) is 24.6. The molecule has 18 heteroatoms. The fraction of sp³-hybridized carbons (Fsp3) is 0.463. The van der Waals surface area contributed by atoms with Crippen molar-refractivity contribution in [1.82, 2.24) is 31.2 Å². The van der Waals surface area contributed by atoms with Crippen LogP contribution in [0.1, 0.15) is 55.3 Å². The molecule has 4 aliphatic rings. The van der Waals surface area contributed by atoms with E-state index in [0.29, 0.717) is 41.7 Å². The first-order valence-electron chi connectivity index (χ1n) is 25.0. The molecule has 5 amide bonds. The van der Waals surface area contributed by atoms with E-state index in [2.05, 4.69) is 96.4 Å². The first-order chi connectivity index (χ1) is 34.6. The second-order valence-corrected chi connectivity index (χ2v) is 20.7. The van der Waals surface area contributed by atoms with Gasteiger partial charge in [0.15, 0.2) is 6.04 Å². The van der Waals surface area contributed by atoms with Crippen molar-refractivity contribution in [3.05, 3.63) is 83.7 Å². The number of nitrogens with zero attached hydrogens (tertiary/aromatic N) is 4. The van der Waals surface area contributed by atoms with E-state index in [4.69, 9.17) is 13.9 Å². The Morgan fingerprint density at radius 3 is 2.31 bits per heavy atom. The predicted octanol–water partition coefficient (Wildman–Crippen LogP) is 4.36. The number of urea groups is 1. The van der Waals surface area contributed by atoms with Crippen LogP contribution >= 0.6 is 11.8 Å². The molecule has 7 rings (SSSR count). The fourth-order valence-electron chi connectivity index (χ4n) is 9.17. The van der Waals surface area contributed by atoms with Crippen molar-refractivity contribution >= 4 is 63.5 Å². The summed E-state index contributed by atoms with van der Waals surface area (Å²) in [5.41, 5.74) is 11.0. The Kier molecular flexibility index (Phi) is 18.2. The van der Waals surface area contributed by atoms with Crippen LogP contribution in [0, 0.1) is 0 Å². The highest BCUT2D eigenvalue weighted by atomic mass is 32.2. The highest BCUT2D eigenvalue weighted by Crippen LogP contribution is 2.43. The number of amides is 5. The van der Waals surface area contributed by atoms with E-state index in [-0.39, 0.29) is 62.1 Å². The molecular weight excluding hydrogens is 933 g/mol. The number of nitrogens with one attached hydrogen (secondary N) is 5. The van der Waals surface area contributed by atoms with Gasteiger partial charge in [0.25, 0.3) is 11.8 Å². The maximum absolute atomic E-state index is 13.2. The lowest BCUT2D eigenvalue weighted by atomic mass is 9.93. The number of quaternary nitrogens is 1. The minimum absolute atomic E-state index is 0.0393. The van der Waals surface area contributed by atoms with E-state index in [1.54, 1.807) is 18.2 Å². The number of carbonyl (C=O) groups excluding carboxylic acids is 4. The zero-order chi connectivity index (χ0) is 51.5. The molecule has 0 spiro atoms. The van der Waals surface area contributed by atoms with E-state index in [1.807, 2.05) is 77.9 Å². The largest absolute Gasteiger partial charge is 0.488 e. The minimum Gasteiger partial charge on any atom is -0.488 e. The van der Waals surface area contributed by atoms with Gasteiger partial charge in [-0.25, -0.2) is 9.37 Å². The molecule has 0 aromatic heterocycles. The van der Waals surface area contributed by atoms with Gasteiger partial charge >= 0.3 is 6.03 Å². The van der Waals surface area contributed by atoms with Crippen LogP contribution in [0.2, 0.25) is 0 Å². The summed E-state index contributed by atoms with van der Waals surface area (Å²) in [5.74, 6) is 2.66. The van der Waals surface area contributed by atoms with Crippen LogP contribution < -0.4 is 66.4 Å². The third kappa shape index (κ3) is 13.4. The predicted molar refractivity (Wildman–Crippen MR) is 289 cm³/mol. The van der Waals surface area contributed by atoms with Gasteiger partial charge in [0.05, 0.1) is 29.5 Å². The molecule has 386 valence electrons. The van der Waals surface area contributed by atoms with Crippen LogP contribution in [0.5, 0.6) is 11.5 Å². The Balaban J connectivity index is 0.847. The zero-order valence-electron chi connectivity index (χ0n) is 43.2. The number of ether oxygens (including phenoxy) is 2. The number of hydrogen-bond acceptors (Lipinski definition) is 11. The van der Waals surface area contributed by atoms with Crippen LogP contribution in [0.4, 0.5) is 21.9 Å². The number of fused-ring (bicyclic) bond motifs is 3. The van der Waals surface area contributed by atoms with E-state index in [1.165, 1.54) is 0 Å². The summed E-state index contributed by atoms with van der Waals surface area (Å²) in [7, 11) is 15.9. The van der Waals surface area contributed by atoms with Crippen LogP contribution in [-0.4, -0.2) is 142 Å². The normalized spacial score (nSPS) is 16.3. The van der Waals surface area contributed by atoms with Crippen LogP contribution in [0.25, 0.3) is 33.4 Å². The number of benzene rings is 4. The van der Waals surface area contributed by atoms with E-state index in [0.717, 1.165) is 93.7 Å². The van der Waals surface area contributed by atoms with Crippen LogP contribution in [0.3, 0.4) is 0 Å². The van der Waals surface area contributed by atoms with Gasteiger partial charge in [-0.2, -0.15) is 11.8 Å². The van der Waals surface area contributed by atoms with Gasteiger partial charge in [0, 0.05) is 126 Å². The van der Waals surface area contributed by atoms with Gasteiger partial charge in [0.2, 0.25) is 11.3 Å². The molecule has 2 saturated heterocycles. The molecule has 2 fully saturated rings. The Hall–Kier alpha value is -6.66. The van der Waals surface area contributed by atoms with Crippen molar-refractivity contribution in [2.45, 2.75) is 68.3 Å². The van der Waals surface area contributed by atoms with Gasteiger partial charge < -0.3 is 60.9 Å². The molecule has 0 saturated carbocycles. The topological polar surface area (TPSA) is 200 Å². The smallest absolute Gasteiger partial charge is 0.315 e. The summed E-state index contributed by atoms with van der Waals surface area (Å²) >= 11 is 1.89. The monoisotopic (exact) mass is 1010 g/mol. The molecule has 0 bridgehead atoms. The molecular formula is C54H74N10O7S+2. The average molecular weight is 1010 g/mol. The van der Waals surface area contributed by atoms with Crippen LogP contribution in [-0.2, 0) is 9.59 Å². The Morgan fingerprint density at radius 1 is 0.792 bits per heavy atom. The quantitative estimate of drug-likeness (QED) is 0.0222. The molecule has 17 nitrogen and oxygen atoms in total. The maximum atomic E-state index is 13.2. The molecule has 3 aliphatic heterocycles. The Morgan fingerprint density at radius 2 is 1.56 bits per heavy atom. The van der Waals surface area contributed by atoms with E-state index < -0.39 is 6.04 Å². The molecule has 3 heterocycles. The molecule has 4 atom stereocenters. The fourth-order valence-corrected chi connectivity index (χ4v) is 10.7. The number of unbranched alkanes of at least 4 members (excludes halogenated alkanes) is 2. The Labute approximate surface area is 427 Å². The number of carbonyl (C=O) groups is 4. The number of anilines is 3. The molecule has 72 heavy (non-hydrogen) atoms. The highest BCUT2D eigenvalue weighted by molar-refractivity contribution is 8.00. The number of hydrogen-bond donors (Lipinski definition) is 6. The molecule has 4 unspecified atom stereocenters. The lowest BCUT2D eigenvalue weighted by Crippen LogP contribution is -2.67. The number of rotatable bonds is 24. The highest BCUT2D eigenvalue weighted by Gasteiger charge is 2.42. The summed E-state index contributed by atoms with van der Waals surface area (Å²) in [4.78, 5) is 55.9. The maximum Gasteiger partial charge on any atom is 0.315 e. The van der Waals surface area contributed by atoms with Crippen molar-refractivity contribution in [1.29, 1.82) is 0 Å². The van der Waals surface area contributed by atoms with Crippen molar-refractivity contribution < 1.29 is 38.8 Å². The first-order valence-corrected chi connectivity index (χ1v) is 26.0. The molecule has 1 aliphatic carbocycles. The average Bonchev–Trinajstić information content (AvgIpc) is 3.92. The second-order valence-electron chi connectivity index (χ2n) is 19.4. The van der Waals surface area contributed by atoms with E-state index >= 15 is 0 Å². The van der Waals surface area contributed by atoms with Gasteiger partial charge in [-0.05, 0) is 79.8 Å². The lowest BCUT2D eigenvalue weighted by molar-refractivity contribution is -0.405. The van der Waals surface area contributed by atoms with Crippen molar-refractivity contribution in [3.8, 4) is 33.9 Å². The van der Waals surface area contributed by atoms with E-state index in [9.17, 15) is 19.2 Å². The summed E-state index contributed by atoms with van der Waals surface area (Å²) in [5, 5.41) is 17.2. The van der Waals surface area contributed by atoms with Crippen LogP contribution in [0.15, 0.2) is 77.2 Å². The zero-order valence-corrected chi connectivity index (χ0v) is 44.0. The molecule has 8 N–H and O–H groups in total. The van der Waals surface area contributed by atoms with Crippen molar-refractivity contribution in [2.75, 3.05) is 110 Å². The standard InChI is InChI=1S/C54H72N10O7S/c1-61(2)36-18-20-38-45(31-36)71-46-32-37(62(3)4)19-21-39(46)50(38)34-16-22-42(63(5)6)47(30-34)70-28-27-69-44-23-17-35(29-43(44)64(7)8)52(66)57-25-26-58-53(67)40(55)13-11-12-24-56-49(65)15-10-9-14-48-51-41(33-72-48)59-54(68)60-51/h16-23,29-32,40-41,48,51H,9-15,24-28,33,55H2,1-8H3,(H4-,56,57,58,59,60,65,66,67,68)/p+2. The van der Waals surface area contributed by atoms with Gasteiger partial charge in [-0.1, -0.05) is 12.5 Å². The minimum atomic E-state index is -0.438. The summed E-state index contributed by atoms with van der Waals surface area (Å²) in [6, 6.07) is 24.1. The molecule has 0 radical (unpaired) electrons. The van der Waals surface area contributed by atoms with Gasteiger partial charge in [0.1, 0.15) is 50.2 Å².